The number of ether oxygens (including phenoxy) is 2. The predicted molar refractivity (Wildman–Crippen MR) is 104 cm³/mol. The van der Waals surface area contributed by atoms with E-state index in [4.69, 9.17) is 9.47 Å². The van der Waals surface area contributed by atoms with Gasteiger partial charge < -0.3 is 14.8 Å². The molecular formula is C20H20N4O4. The van der Waals surface area contributed by atoms with Crippen LogP contribution in [0.15, 0.2) is 48.9 Å². The third-order valence-electron chi connectivity index (χ3n) is 4.00. The lowest BCUT2D eigenvalue weighted by atomic mass is 10.1. The zero-order chi connectivity index (χ0) is 19.9. The summed E-state index contributed by atoms with van der Waals surface area (Å²) in [6.07, 6.45) is 4.64. The fourth-order valence-corrected chi connectivity index (χ4v) is 2.68. The van der Waals surface area contributed by atoms with Crippen molar-refractivity contribution in [2.24, 2.45) is 0 Å². The summed E-state index contributed by atoms with van der Waals surface area (Å²) in [7, 11) is 1.31. The minimum Gasteiger partial charge on any atom is -0.488 e. The van der Waals surface area contributed by atoms with Crippen molar-refractivity contribution in [1.29, 1.82) is 0 Å². The zero-order valence-corrected chi connectivity index (χ0v) is 15.6. The summed E-state index contributed by atoms with van der Waals surface area (Å²) in [5, 5.41) is 7.14. The van der Waals surface area contributed by atoms with E-state index in [0.717, 1.165) is 16.3 Å². The SMILES string of the molecule is CCNC(=O)Nc1cc2cccc(COc3ccncc3C(=O)OC)c2cn1. The average Bonchev–Trinajstić information content (AvgIpc) is 2.71. The largest absolute Gasteiger partial charge is 0.488 e. The number of pyridine rings is 2. The second-order valence-corrected chi connectivity index (χ2v) is 5.84. The Morgan fingerprint density at radius 2 is 2.04 bits per heavy atom. The molecule has 2 amide bonds. The molecule has 0 bridgehead atoms. The van der Waals surface area contributed by atoms with Gasteiger partial charge >= 0.3 is 12.0 Å². The molecule has 3 aromatic rings. The van der Waals surface area contributed by atoms with Crippen LogP contribution in [0.25, 0.3) is 10.8 Å². The summed E-state index contributed by atoms with van der Waals surface area (Å²) in [6.45, 7) is 2.60. The van der Waals surface area contributed by atoms with Crippen LogP contribution < -0.4 is 15.4 Å². The minimum absolute atomic E-state index is 0.232. The van der Waals surface area contributed by atoms with Crippen molar-refractivity contribution in [3.05, 3.63) is 60.0 Å². The van der Waals surface area contributed by atoms with Gasteiger partial charge in [0.05, 0.1) is 7.11 Å². The summed E-state index contributed by atoms with van der Waals surface area (Å²) >= 11 is 0. The molecule has 8 heteroatoms. The first kappa shape index (κ1) is 19.1. The molecule has 8 nitrogen and oxygen atoms in total. The quantitative estimate of drug-likeness (QED) is 0.637. The Bertz CT molecular complexity index is 1010. The Labute approximate surface area is 161 Å². The topological polar surface area (TPSA) is 102 Å². The Hall–Kier alpha value is -3.68. The first-order valence-electron chi connectivity index (χ1n) is 8.70. The van der Waals surface area contributed by atoms with Gasteiger partial charge in [0.25, 0.3) is 0 Å². The number of carbonyl (C=O) groups excluding carboxylic acids is 2. The summed E-state index contributed by atoms with van der Waals surface area (Å²) in [5.74, 6) is 0.337. The number of nitrogens with one attached hydrogen (secondary N) is 2. The maximum atomic E-state index is 11.8. The number of rotatable bonds is 6. The van der Waals surface area contributed by atoms with Crippen molar-refractivity contribution >= 4 is 28.6 Å². The van der Waals surface area contributed by atoms with Gasteiger partial charge in [0.1, 0.15) is 23.7 Å². The zero-order valence-electron chi connectivity index (χ0n) is 15.6. The Morgan fingerprint density at radius 3 is 2.82 bits per heavy atom. The number of urea groups is 1. The molecule has 0 unspecified atom stereocenters. The van der Waals surface area contributed by atoms with Crippen molar-refractivity contribution in [3.63, 3.8) is 0 Å². The summed E-state index contributed by atoms with van der Waals surface area (Å²) in [6, 6.07) is 8.84. The lowest BCUT2D eigenvalue weighted by Gasteiger charge is -2.12. The Kier molecular flexibility index (Phi) is 6.01. The van der Waals surface area contributed by atoms with Gasteiger partial charge in [-0.3, -0.25) is 10.3 Å². The predicted octanol–water partition coefficient (Wildman–Crippen LogP) is 3.14. The fourth-order valence-electron chi connectivity index (χ4n) is 2.68. The number of methoxy groups -OCH3 is 1. The number of hydrogen-bond donors (Lipinski definition) is 2. The fraction of sp³-hybridized carbons (Fsp3) is 0.200. The number of hydrogen-bond acceptors (Lipinski definition) is 6. The van der Waals surface area contributed by atoms with E-state index in [9.17, 15) is 9.59 Å². The van der Waals surface area contributed by atoms with Crippen LogP contribution in [0.4, 0.5) is 10.6 Å². The Morgan fingerprint density at radius 1 is 1.18 bits per heavy atom. The second kappa shape index (κ2) is 8.81. The van der Waals surface area contributed by atoms with Crippen molar-refractivity contribution in [2.45, 2.75) is 13.5 Å². The normalized spacial score (nSPS) is 10.4. The maximum absolute atomic E-state index is 11.8. The van der Waals surface area contributed by atoms with E-state index >= 15 is 0 Å². The highest BCUT2D eigenvalue weighted by Crippen LogP contribution is 2.24. The second-order valence-electron chi connectivity index (χ2n) is 5.84. The number of carbonyl (C=O) groups is 2. The molecule has 3 rings (SSSR count). The molecule has 0 spiro atoms. The minimum atomic E-state index is -0.510. The van der Waals surface area contributed by atoms with E-state index in [1.807, 2.05) is 25.1 Å². The van der Waals surface area contributed by atoms with Crippen LogP contribution in [0.1, 0.15) is 22.8 Å². The molecule has 1 aromatic carbocycles. The van der Waals surface area contributed by atoms with Crippen molar-refractivity contribution in [2.75, 3.05) is 19.0 Å². The number of nitrogens with zero attached hydrogens (tertiary/aromatic N) is 2. The maximum Gasteiger partial charge on any atom is 0.343 e. The van der Waals surface area contributed by atoms with Crippen molar-refractivity contribution in [1.82, 2.24) is 15.3 Å². The highest BCUT2D eigenvalue weighted by Gasteiger charge is 2.14. The number of fused-ring (bicyclic) bond motifs is 1. The van der Waals surface area contributed by atoms with Gasteiger partial charge in [-0.05, 0) is 30.0 Å². The van der Waals surface area contributed by atoms with Gasteiger partial charge in [0, 0.05) is 30.5 Å². The molecule has 0 atom stereocenters. The number of amides is 2. The standard InChI is InChI=1S/C20H20N4O4/c1-3-22-20(26)24-18-9-13-5-4-6-14(15(13)11-23-18)12-28-17-7-8-21-10-16(17)19(25)27-2/h4-11H,3,12H2,1-2H3,(H2,22,23,24,26). The van der Waals surface area contributed by atoms with Gasteiger partial charge in [-0.2, -0.15) is 0 Å². The van der Waals surface area contributed by atoms with E-state index < -0.39 is 5.97 Å². The lowest BCUT2D eigenvalue weighted by Crippen LogP contribution is -2.28. The van der Waals surface area contributed by atoms with E-state index in [1.54, 1.807) is 24.5 Å². The highest BCUT2D eigenvalue weighted by molar-refractivity contribution is 5.93. The summed E-state index contributed by atoms with van der Waals surface area (Å²) < 4.78 is 10.6. The molecule has 0 saturated heterocycles. The van der Waals surface area contributed by atoms with Crippen LogP contribution in [0, 0.1) is 0 Å². The molecule has 0 aliphatic heterocycles. The van der Waals surface area contributed by atoms with E-state index in [0.29, 0.717) is 18.1 Å². The molecule has 2 N–H and O–H groups in total. The first-order chi connectivity index (χ1) is 13.6. The number of benzene rings is 1. The van der Waals surface area contributed by atoms with Gasteiger partial charge in [0.2, 0.25) is 0 Å². The Balaban J connectivity index is 1.81. The summed E-state index contributed by atoms with van der Waals surface area (Å²) in [5.41, 5.74) is 1.15. The molecule has 0 saturated carbocycles. The molecule has 2 aromatic heterocycles. The van der Waals surface area contributed by atoms with E-state index in [1.165, 1.54) is 13.3 Å². The van der Waals surface area contributed by atoms with Crippen LogP contribution in [0.5, 0.6) is 5.75 Å². The number of esters is 1. The van der Waals surface area contributed by atoms with Crippen LogP contribution in [0.2, 0.25) is 0 Å². The molecule has 0 radical (unpaired) electrons. The first-order valence-corrected chi connectivity index (χ1v) is 8.70. The van der Waals surface area contributed by atoms with Gasteiger partial charge in [-0.15, -0.1) is 0 Å². The molecule has 28 heavy (non-hydrogen) atoms. The lowest BCUT2D eigenvalue weighted by molar-refractivity contribution is 0.0595. The van der Waals surface area contributed by atoms with Crippen LogP contribution in [-0.4, -0.2) is 35.6 Å². The van der Waals surface area contributed by atoms with Gasteiger partial charge in [0.15, 0.2) is 0 Å². The molecule has 0 aliphatic carbocycles. The van der Waals surface area contributed by atoms with Crippen LogP contribution in [0.3, 0.4) is 0 Å². The van der Waals surface area contributed by atoms with Crippen LogP contribution in [-0.2, 0) is 11.3 Å². The van der Waals surface area contributed by atoms with Crippen molar-refractivity contribution < 1.29 is 19.1 Å². The molecule has 2 heterocycles. The van der Waals surface area contributed by atoms with E-state index in [2.05, 4.69) is 20.6 Å². The van der Waals surface area contributed by atoms with Gasteiger partial charge in [-0.1, -0.05) is 18.2 Å². The smallest absolute Gasteiger partial charge is 0.343 e. The molecular weight excluding hydrogens is 360 g/mol. The highest BCUT2D eigenvalue weighted by atomic mass is 16.5. The molecule has 0 aliphatic rings. The monoisotopic (exact) mass is 380 g/mol. The van der Waals surface area contributed by atoms with E-state index in [-0.39, 0.29) is 18.2 Å². The third-order valence-corrected chi connectivity index (χ3v) is 4.00. The third kappa shape index (κ3) is 4.35. The molecule has 144 valence electrons. The van der Waals surface area contributed by atoms with Crippen molar-refractivity contribution in [3.8, 4) is 5.75 Å². The van der Waals surface area contributed by atoms with Crippen LogP contribution >= 0.6 is 0 Å². The number of anilines is 1. The van der Waals surface area contributed by atoms with Gasteiger partial charge in [-0.25, -0.2) is 14.6 Å². The number of aromatic nitrogens is 2. The summed E-state index contributed by atoms with van der Waals surface area (Å²) in [4.78, 5) is 31.7. The molecule has 0 fully saturated rings. The average molecular weight is 380 g/mol.